The lowest BCUT2D eigenvalue weighted by atomic mass is 10.1. The second-order valence-corrected chi connectivity index (χ2v) is 7.87. The number of hydrogen-bond donors (Lipinski definition) is 0. The summed E-state index contributed by atoms with van der Waals surface area (Å²) >= 11 is 7.66. The van der Waals surface area contributed by atoms with Crippen molar-refractivity contribution in [2.24, 2.45) is 5.92 Å². The van der Waals surface area contributed by atoms with Crippen LogP contribution in [0.5, 0.6) is 0 Å². The molecule has 2 aliphatic rings. The fourth-order valence-corrected chi connectivity index (χ4v) is 4.26. The van der Waals surface area contributed by atoms with E-state index in [1.807, 2.05) is 29.2 Å². The van der Waals surface area contributed by atoms with Crippen LogP contribution in [0, 0.1) is 5.92 Å². The van der Waals surface area contributed by atoms with E-state index in [2.05, 4.69) is 4.98 Å². The molecule has 1 aliphatic carbocycles. The zero-order chi connectivity index (χ0) is 16.5. The molecule has 1 amide bonds. The molecule has 24 heavy (non-hydrogen) atoms. The molecule has 0 spiro atoms. The summed E-state index contributed by atoms with van der Waals surface area (Å²) in [5.41, 5.74) is 0.880. The number of nitrogens with zero attached hydrogens (tertiary/aromatic N) is 2. The van der Waals surface area contributed by atoms with Gasteiger partial charge < -0.3 is 9.64 Å². The summed E-state index contributed by atoms with van der Waals surface area (Å²) in [5.74, 6) is 0.561. The lowest BCUT2D eigenvalue weighted by Gasteiger charge is -2.24. The van der Waals surface area contributed by atoms with Crippen LogP contribution in [0.4, 0.5) is 0 Å². The van der Waals surface area contributed by atoms with Crippen molar-refractivity contribution in [1.82, 2.24) is 9.88 Å². The van der Waals surface area contributed by atoms with E-state index in [0.717, 1.165) is 49.6 Å². The molecule has 1 atom stereocenters. The number of carbonyl (C=O) groups is 1. The van der Waals surface area contributed by atoms with E-state index in [1.165, 1.54) is 11.3 Å². The molecule has 1 saturated heterocycles. The number of ether oxygens (including phenoxy) is 1. The number of halogens is 1. The number of aromatic nitrogens is 1. The van der Waals surface area contributed by atoms with E-state index >= 15 is 0 Å². The van der Waals surface area contributed by atoms with Crippen molar-refractivity contribution in [3.63, 3.8) is 0 Å². The number of hydrogen-bond acceptors (Lipinski definition) is 4. The highest BCUT2D eigenvalue weighted by atomic mass is 35.5. The Labute approximate surface area is 150 Å². The Morgan fingerprint density at radius 3 is 2.88 bits per heavy atom. The van der Waals surface area contributed by atoms with Crippen molar-refractivity contribution in [2.75, 3.05) is 19.8 Å². The third-order valence-electron chi connectivity index (χ3n) is 4.55. The molecule has 1 aromatic carbocycles. The molecular weight excluding hydrogens is 344 g/mol. The second-order valence-electron chi connectivity index (χ2n) is 6.43. The van der Waals surface area contributed by atoms with Crippen molar-refractivity contribution >= 4 is 28.8 Å². The number of rotatable bonds is 5. The summed E-state index contributed by atoms with van der Waals surface area (Å²) < 4.78 is 5.46. The maximum atomic E-state index is 13.0. The molecule has 4 rings (SSSR count). The van der Waals surface area contributed by atoms with Crippen molar-refractivity contribution in [1.29, 1.82) is 0 Å². The van der Waals surface area contributed by atoms with Gasteiger partial charge in [-0.25, -0.2) is 4.98 Å². The van der Waals surface area contributed by atoms with Gasteiger partial charge in [-0.15, -0.1) is 11.3 Å². The van der Waals surface area contributed by atoms with Gasteiger partial charge in [-0.05, 0) is 25.3 Å². The highest BCUT2D eigenvalue weighted by molar-refractivity contribution is 7.17. The predicted molar refractivity (Wildman–Crippen MR) is 95.5 cm³/mol. The first kappa shape index (κ1) is 16.1. The van der Waals surface area contributed by atoms with Gasteiger partial charge in [-0.3, -0.25) is 4.79 Å². The van der Waals surface area contributed by atoms with Gasteiger partial charge in [0.25, 0.3) is 5.91 Å². The Morgan fingerprint density at radius 1 is 1.33 bits per heavy atom. The van der Waals surface area contributed by atoms with Gasteiger partial charge in [0.2, 0.25) is 0 Å². The van der Waals surface area contributed by atoms with Gasteiger partial charge in [-0.1, -0.05) is 29.8 Å². The minimum absolute atomic E-state index is 0.0974. The van der Waals surface area contributed by atoms with Crippen LogP contribution < -0.4 is 0 Å². The van der Waals surface area contributed by atoms with Crippen LogP contribution in [0.2, 0.25) is 5.02 Å². The fraction of sp³-hybridized carbons (Fsp3) is 0.444. The Balaban J connectivity index is 1.54. The zero-order valence-electron chi connectivity index (χ0n) is 13.3. The number of amides is 1. The van der Waals surface area contributed by atoms with Gasteiger partial charge in [0, 0.05) is 30.7 Å². The van der Waals surface area contributed by atoms with Crippen LogP contribution in [0.1, 0.15) is 28.9 Å². The molecule has 2 aromatic rings. The molecular formula is C18H19ClN2O2S. The average molecular weight is 363 g/mol. The largest absolute Gasteiger partial charge is 0.381 e. The van der Waals surface area contributed by atoms with Crippen LogP contribution in [0.15, 0.2) is 30.5 Å². The molecule has 0 radical (unpaired) electrons. The molecule has 6 heteroatoms. The summed E-state index contributed by atoms with van der Waals surface area (Å²) in [7, 11) is 0. The lowest BCUT2D eigenvalue weighted by molar-refractivity contribution is 0.0711. The Hall–Kier alpha value is -1.43. The van der Waals surface area contributed by atoms with E-state index in [9.17, 15) is 4.79 Å². The van der Waals surface area contributed by atoms with Gasteiger partial charge in [0.05, 0.1) is 17.8 Å². The summed E-state index contributed by atoms with van der Waals surface area (Å²) in [4.78, 5) is 20.1. The Bertz CT molecular complexity index is 738. The van der Waals surface area contributed by atoms with Crippen LogP contribution in [0.25, 0.3) is 10.6 Å². The first-order valence-electron chi connectivity index (χ1n) is 8.32. The van der Waals surface area contributed by atoms with Crippen LogP contribution in [-0.4, -0.2) is 41.6 Å². The van der Waals surface area contributed by atoms with E-state index in [4.69, 9.17) is 16.3 Å². The van der Waals surface area contributed by atoms with Crippen molar-refractivity contribution in [3.8, 4) is 10.6 Å². The maximum absolute atomic E-state index is 13.0. The lowest BCUT2D eigenvalue weighted by Crippen LogP contribution is -2.37. The molecule has 0 bridgehead atoms. The van der Waals surface area contributed by atoms with Crippen molar-refractivity contribution in [3.05, 3.63) is 40.4 Å². The van der Waals surface area contributed by atoms with Gasteiger partial charge in [0.15, 0.2) is 0 Å². The topological polar surface area (TPSA) is 42.4 Å². The quantitative estimate of drug-likeness (QED) is 0.804. The molecule has 0 N–H and O–H groups in total. The summed E-state index contributed by atoms with van der Waals surface area (Å²) in [6.07, 6.45) is 4.95. The monoisotopic (exact) mass is 362 g/mol. The molecule has 1 saturated carbocycles. The number of thiazole rings is 1. The normalized spacial score (nSPS) is 20.3. The second kappa shape index (κ2) is 6.82. The zero-order valence-corrected chi connectivity index (χ0v) is 14.9. The van der Waals surface area contributed by atoms with Gasteiger partial charge >= 0.3 is 0 Å². The average Bonchev–Trinajstić information content (AvgIpc) is 3.10. The molecule has 1 unspecified atom stereocenters. The molecule has 1 aromatic heterocycles. The van der Waals surface area contributed by atoms with E-state index in [0.29, 0.717) is 21.9 Å². The van der Waals surface area contributed by atoms with Crippen LogP contribution in [0.3, 0.4) is 0 Å². The Kier molecular flexibility index (Phi) is 4.57. The number of carbonyl (C=O) groups excluding carboxylic acids is 1. The minimum Gasteiger partial charge on any atom is -0.381 e. The van der Waals surface area contributed by atoms with Crippen LogP contribution in [-0.2, 0) is 4.74 Å². The first-order valence-corrected chi connectivity index (χ1v) is 9.51. The fourth-order valence-electron chi connectivity index (χ4n) is 3.06. The standard InChI is InChI=1S/C18H19ClN2O2S/c19-15-4-2-1-3-14(15)17-20-9-16(24-17)18(22)21(13-5-6-13)10-12-7-8-23-11-12/h1-4,9,12-13H,5-8,10-11H2. The molecule has 2 heterocycles. The predicted octanol–water partition coefficient (Wildman–Crippen LogP) is 4.10. The molecule has 1 aliphatic heterocycles. The number of benzene rings is 1. The third kappa shape index (κ3) is 3.34. The van der Waals surface area contributed by atoms with Gasteiger partial charge in [-0.2, -0.15) is 0 Å². The molecule has 126 valence electrons. The summed E-state index contributed by atoms with van der Waals surface area (Å²) in [6.45, 7) is 2.38. The van der Waals surface area contributed by atoms with Crippen molar-refractivity contribution < 1.29 is 9.53 Å². The first-order chi connectivity index (χ1) is 11.7. The van der Waals surface area contributed by atoms with E-state index in [-0.39, 0.29) is 5.91 Å². The van der Waals surface area contributed by atoms with Gasteiger partial charge in [0.1, 0.15) is 9.88 Å². The SMILES string of the molecule is O=C(c1cnc(-c2ccccc2Cl)s1)N(CC1CCOC1)C1CC1. The molecule has 2 fully saturated rings. The summed E-state index contributed by atoms with van der Waals surface area (Å²) in [5, 5.41) is 1.46. The minimum atomic E-state index is 0.0974. The highest BCUT2D eigenvalue weighted by Crippen LogP contribution is 2.34. The Morgan fingerprint density at radius 2 is 2.17 bits per heavy atom. The molecule has 4 nitrogen and oxygen atoms in total. The smallest absolute Gasteiger partial charge is 0.265 e. The van der Waals surface area contributed by atoms with Crippen molar-refractivity contribution in [2.45, 2.75) is 25.3 Å². The van der Waals surface area contributed by atoms with E-state index < -0.39 is 0 Å². The third-order valence-corrected chi connectivity index (χ3v) is 5.90. The highest BCUT2D eigenvalue weighted by Gasteiger charge is 2.36. The summed E-state index contributed by atoms with van der Waals surface area (Å²) in [6, 6.07) is 7.99. The van der Waals surface area contributed by atoms with Crippen LogP contribution >= 0.6 is 22.9 Å². The maximum Gasteiger partial charge on any atom is 0.265 e. The van der Waals surface area contributed by atoms with E-state index in [1.54, 1.807) is 6.20 Å².